The molecule has 3 aromatic rings. The fourth-order valence-corrected chi connectivity index (χ4v) is 2.70. The molecule has 1 heterocycles. The van der Waals surface area contributed by atoms with Crippen LogP contribution in [0.3, 0.4) is 0 Å². The molecule has 20 heavy (non-hydrogen) atoms. The number of amides is 1. The lowest BCUT2D eigenvalue weighted by Crippen LogP contribution is -2.12. The number of carbonyl (C=O) groups is 1. The minimum absolute atomic E-state index is 0.0876. The van der Waals surface area contributed by atoms with E-state index in [2.05, 4.69) is 5.32 Å². The van der Waals surface area contributed by atoms with E-state index < -0.39 is 11.7 Å². The maximum Gasteiger partial charge on any atom is 0.259 e. The lowest BCUT2D eigenvalue weighted by Gasteiger charge is -2.07. The number of hydrogen-bond acceptors (Lipinski definition) is 3. The van der Waals surface area contributed by atoms with E-state index in [1.807, 2.05) is 23.6 Å². The number of benzene rings is 2. The SMILES string of the molecule is O=C(Nc1ccc2sccc2c1)c1cc(F)ccc1O. The van der Waals surface area contributed by atoms with Crippen LogP contribution in [0, 0.1) is 5.82 Å². The van der Waals surface area contributed by atoms with E-state index in [0.717, 1.165) is 28.3 Å². The Labute approximate surface area is 118 Å². The lowest BCUT2D eigenvalue weighted by molar-refractivity contribution is 0.102. The molecule has 0 fully saturated rings. The van der Waals surface area contributed by atoms with Gasteiger partial charge in [-0.15, -0.1) is 11.3 Å². The van der Waals surface area contributed by atoms with Gasteiger partial charge < -0.3 is 10.4 Å². The summed E-state index contributed by atoms with van der Waals surface area (Å²) in [7, 11) is 0. The van der Waals surface area contributed by atoms with Crippen LogP contribution in [0.5, 0.6) is 5.75 Å². The summed E-state index contributed by atoms with van der Waals surface area (Å²) in [4.78, 5) is 12.0. The third-order valence-electron chi connectivity index (χ3n) is 2.91. The topological polar surface area (TPSA) is 49.3 Å². The second-order valence-electron chi connectivity index (χ2n) is 4.29. The zero-order valence-electron chi connectivity index (χ0n) is 10.3. The molecule has 0 aliphatic heterocycles. The molecule has 5 heteroatoms. The molecule has 3 rings (SSSR count). The van der Waals surface area contributed by atoms with Gasteiger partial charge in [-0.25, -0.2) is 4.39 Å². The van der Waals surface area contributed by atoms with Crippen molar-refractivity contribution in [3.05, 3.63) is 59.2 Å². The van der Waals surface area contributed by atoms with Crippen molar-refractivity contribution in [1.29, 1.82) is 0 Å². The van der Waals surface area contributed by atoms with Crippen LogP contribution in [0.25, 0.3) is 10.1 Å². The van der Waals surface area contributed by atoms with Gasteiger partial charge in [-0.3, -0.25) is 4.79 Å². The van der Waals surface area contributed by atoms with Gasteiger partial charge in [0.05, 0.1) is 5.56 Å². The summed E-state index contributed by atoms with van der Waals surface area (Å²) in [5.74, 6) is -1.36. The first kappa shape index (κ1) is 12.6. The van der Waals surface area contributed by atoms with Gasteiger partial charge in [0.15, 0.2) is 0 Å². The zero-order valence-corrected chi connectivity index (χ0v) is 11.1. The molecule has 0 saturated carbocycles. The van der Waals surface area contributed by atoms with E-state index in [4.69, 9.17) is 0 Å². The van der Waals surface area contributed by atoms with Gasteiger partial charge in [0, 0.05) is 10.4 Å². The largest absolute Gasteiger partial charge is 0.507 e. The molecule has 0 aliphatic carbocycles. The number of nitrogens with one attached hydrogen (secondary N) is 1. The number of rotatable bonds is 2. The quantitative estimate of drug-likeness (QED) is 0.748. The Morgan fingerprint density at radius 3 is 2.85 bits per heavy atom. The zero-order chi connectivity index (χ0) is 14.1. The highest BCUT2D eigenvalue weighted by Crippen LogP contribution is 2.25. The average molecular weight is 287 g/mol. The van der Waals surface area contributed by atoms with E-state index in [9.17, 15) is 14.3 Å². The molecular formula is C15H10FNO2S. The van der Waals surface area contributed by atoms with Crippen molar-refractivity contribution in [2.24, 2.45) is 0 Å². The third-order valence-corrected chi connectivity index (χ3v) is 3.81. The summed E-state index contributed by atoms with van der Waals surface area (Å²) in [6.07, 6.45) is 0. The lowest BCUT2D eigenvalue weighted by atomic mass is 10.1. The fourth-order valence-electron chi connectivity index (χ4n) is 1.93. The van der Waals surface area contributed by atoms with Gasteiger partial charge in [-0.1, -0.05) is 0 Å². The summed E-state index contributed by atoms with van der Waals surface area (Å²) >= 11 is 1.61. The van der Waals surface area contributed by atoms with Crippen molar-refractivity contribution in [3.8, 4) is 5.75 Å². The first-order chi connectivity index (χ1) is 9.63. The molecule has 1 amide bonds. The number of fused-ring (bicyclic) bond motifs is 1. The molecule has 0 atom stereocenters. The maximum absolute atomic E-state index is 13.1. The van der Waals surface area contributed by atoms with E-state index in [1.54, 1.807) is 17.4 Å². The van der Waals surface area contributed by atoms with E-state index in [0.29, 0.717) is 5.69 Å². The van der Waals surface area contributed by atoms with Gasteiger partial charge in [0.2, 0.25) is 0 Å². The summed E-state index contributed by atoms with van der Waals surface area (Å²) in [5.41, 5.74) is 0.514. The maximum atomic E-state index is 13.1. The third kappa shape index (κ3) is 2.35. The summed E-state index contributed by atoms with van der Waals surface area (Å²) in [6.45, 7) is 0. The van der Waals surface area contributed by atoms with Crippen molar-refractivity contribution in [3.63, 3.8) is 0 Å². The van der Waals surface area contributed by atoms with Crippen LogP contribution in [0.15, 0.2) is 47.8 Å². The van der Waals surface area contributed by atoms with Crippen LogP contribution in [-0.4, -0.2) is 11.0 Å². The van der Waals surface area contributed by atoms with E-state index in [-0.39, 0.29) is 11.3 Å². The van der Waals surface area contributed by atoms with Crippen LogP contribution in [0.2, 0.25) is 0 Å². The molecule has 1 aromatic heterocycles. The number of thiophene rings is 1. The molecule has 100 valence electrons. The molecule has 0 radical (unpaired) electrons. The number of carbonyl (C=O) groups excluding carboxylic acids is 1. The molecule has 0 bridgehead atoms. The Bertz CT molecular complexity index is 797. The molecule has 2 N–H and O–H groups in total. The fraction of sp³-hybridized carbons (Fsp3) is 0. The summed E-state index contributed by atoms with van der Waals surface area (Å²) in [5, 5.41) is 15.2. The minimum atomic E-state index is -0.568. The average Bonchev–Trinajstić information content (AvgIpc) is 2.89. The second kappa shape index (κ2) is 4.94. The van der Waals surface area contributed by atoms with Crippen LogP contribution >= 0.6 is 11.3 Å². The van der Waals surface area contributed by atoms with E-state index in [1.165, 1.54) is 0 Å². The second-order valence-corrected chi connectivity index (χ2v) is 5.24. The molecule has 0 saturated heterocycles. The van der Waals surface area contributed by atoms with Crippen LogP contribution in [0.4, 0.5) is 10.1 Å². The van der Waals surface area contributed by atoms with Crippen molar-refractivity contribution in [2.45, 2.75) is 0 Å². The van der Waals surface area contributed by atoms with Crippen LogP contribution in [0.1, 0.15) is 10.4 Å². The summed E-state index contributed by atoms with van der Waals surface area (Å²) < 4.78 is 14.2. The molecule has 0 unspecified atom stereocenters. The number of hydrogen-bond donors (Lipinski definition) is 2. The van der Waals surface area contributed by atoms with Gasteiger partial charge in [0.1, 0.15) is 11.6 Å². The highest BCUT2D eigenvalue weighted by Gasteiger charge is 2.12. The Balaban J connectivity index is 1.89. The predicted molar refractivity (Wildman–Crippen MR) is 77.8 cm³/mol. The van der Waals surface area contributed by atoms with Gasteiger partial charge in [-0.05, 0) is 53.2 Å². The summed E-state index contributed by atoms with van der Waals surface area (Å²) in [6, 6.07) is 10.7. The smallest absolute Gasteiger partial charge is 0.259 e. The van der Waals surface area contributed by atoms with Crippen molar-refractivity contribution >= 4 is 33.0 Å². The highest BCUT2D eigenvalue weighted by molar-refractivity contribution is 7.17. The number of phenols is 1. The Morgan fingerprint density at radius 2 is 2.00 bits per heavy atom. The van der Waals surface area contributed by atoms with Crippen LogP contribution < -0.4 is 5.32 Å². The Morgan fingerprint density at radius 1 is 1.15 bits per heavy atom. The minimum Gasteiger partial charge on any atom is -0.507 e. The number of aromatic hydroxyl groups is 1. The molecule has 0 spiro atoms. The molecule has 0 aliphatic rings. The number of anilines is 1. The number of phenolic OH excluding ortho intramolecular Hbond substituents is 1. The first-order valence-electron chi connectivity index (χ1n) is 5.90. The number of halogens is 1. The molecule has 3 nitrogen and oxygen atoms in total. The normalized spacial score (nSPS) is 10.7. The van der Waals surface area contributed by atoms with Gasteiger partial charge >= 0.3 is 0 Å². The molecular weight excluding hydrogens is 277 g/mol. The van der Waals surface area contributed by atoms with Gasteiger partial charge in [0.25, 0.3) is 5.91 Å². The van der Waals surface area contributed by atoms with Crippen molar-refractivity contribution in [2.75, 3.05) is 5.32 Å². The highest BCUT2D eigenvalue weighted by atomic mass is 32.1. The van der Waals surface area contributed by atoms with E-state index >= 15 is 0 Å². The van der Waals surface area contributed by atoms with Crippen molar-refractivity contribution in [1.82, 2.24) is 0 Å². The molecule has 2 aromatic carbocycles. The standard InChI is InChI=1S/C15H10FNO2S/c16-10-1-3-13(18)12(8-10)15(19)17-11-2-4-14-9(7-11)5-6-20-14/h1-8,18H,(H,17,19). The predicted octanol–water partition coefficient (Wildman–Crippen LogP) is 4.00. The van der Waals surface area contributed by atoms with Crippen LogP contribution in [-0.2, 0) is 0 Å². The Kier molecular flexibility index (Phi) is 3.12. The Hall–Kier alpha value is -2.40. The van der Waals surface area contributed by atoms with Crippen molar-refractivity contribution < 1.29 is 14.3 Å². The van der Waals surface area contributed by atoms with Gasteiger partial charge in [-0.2, -0.15) is 0 Å². The monoisotopic (exact) mass is 287 g/mol. The first-order valence-corrected chi connectivity index (χ1v) is 6.78.